The minimum Gasteiger partial charge on any atom is -0.356 e. The van der Waals surface area contributed by atoms with Gasteiger partial charge in [0.05, 0.1) is 10.7 Å². The van der Waals surface area contributed by atoms with Gasteiger partial charge in [0.25, 0.3) is 0 Å². The second-order valence-corrected chi connectivity index (χ2v) is 7.49. The lowest BCUT2D eigenvalue weighted by molar-refractivity contribution is 0.489. The molecule has 22 heavy (non-hydrogen) atoms. The van der Waals surface area contributed by atoms with Crippen LogP contribution in [-0.4, -0.2) is 30.6 Å². The van der Waals surface area contributed by atoms with E-state index in [4.69, 9.17) is 0 Å². The molecule has 1 atom stereocenters. The van der Waals surface area contributed by atoms with Crippen LogP contribution in [0.3, 0.4) is 0 Å². The molecule has 0 spiro atoms. The van der Waals surface area contributed by atoms with Crippen LogP contribution < -0.4 is 10.6 Å². The molecule has 1 aromatic rings. The van der Waals surface area contributed by atoms with Crippen molar-refractivity contribution < 1.29 is 0 Å². The van der Waals surface area contributed by atoms with Crippen LogP contribution in [0.4, 0.5) is 0 Å². The largest absolute Gasteiger partial charge is 0.356 e. The van der Waals surface area contributed by atoms with Gasteiger partial charge in [-0.2, -0.15) is 0 Å². The van der Waals surface area contributed by atoms with Crippen molar-refractivity contribution in [1.29, 1.82) is 0 Å². The summed E-state index contributed by atoms with van der Waals surface area (Å²) in [6.07, 6.45) is 3.34. The first-order valence-electron chi connectivity index (χ1n) is 8.33. The molecule has 0 fully saturated rings. The monoisotopic (exact) mass is 324 g/mol. The van der Waals surface area contributed by atoms with E-state index in [1.54, 1.807) is 11.3 Å². The maximum absolute atomic E-state index is 4.66. The summed E-state index contributed by atoms with van der Waals surface area (Å²) >= 11 is 1.76. The highest BCUT2D eigenvalue weighted by Crippen LogP contribution is 2.19. The van der Waals surface area contributed by atoms with Crippen LogP contribution in [0.1, 0.15) is 64.1 Å². The van der Waals surface area contributed by atoms with E-state index in [-0.39, 0.29) is 0 Å². The molecule has 1 heterocycles. The van der Waals surface area contributed by atoms with E-state index in [9.17, 15) is 0 Å². The van der Waals surface area contributed by atoms with Gasteiger partial charge < -0.3 is 10.6 Å². The molecule has 0 aliphatic carbocycles. The summed E-state index contributed by atoms with van der Waals surface area (Å²) in [6, 6.07) is 0.445. The number of aliphatic imine (C=N–C) groups is 1. The van der Waals surface area contributed by atoms with Crippen LogP contribution in [0.5, 0.6) is 0 Å². The van der Waals surface area contributed by atoms with Gasteiger partial charge in [-0.25, -0.2) is 4.98 Å². The molecule has 1 unspecified atom stereocenters. The Morgan fingerprint density at radius 3 is 2.50 bits per heavy atom. The van der Waals surface area contributed by atoms with Gasteiger partial charge in [-0.05, 0) is 25.7 Å². The highest BCUT2D eigenvalue weighted by Gasteiger charge is 2.08. The number of rotatable bonds is 8. The maximum atomic E-state index is 4.66. The summed E-state index contributed by atoms with van der Waals surface area (Å²) < 4.78 is 0. The molecule has 1 aromatic heterocycles. The molecule has 4 nitrogen and oxygen atoms in total. The van der Waals surface area contributed by atoms with E-state index in [0.29, 0.717) is 12.0 Å². The Hall–Kier alpha value is -1.10. The smallest absolute Gasteiger partial charge is 0.191 e. The lowest BCUT2D eigenvalue weighted by Gasteiger charge is -2.18. The molecule has 5 heteroatoms. The number of aromatic nitrogens is 1. The van der Waals surface area contributed by atoms with Crippen molar-refractivity contribution in [3.8, 4) is 0 Å². The molecule has 0 aliphatic heterocycles. The van der Waals surface area contributed by atoms with Crippen LogP contribution >= 0.6 is 11.3 Å². The lowest BCUT2D eigenvalue weighted by Crippen LogP contribution is -2.43. The molecule has 2 N–H and O–H groups in total. The molecule has 0 saturated heterocycles. The summed E-state index contributed by atoms with van der Waals surface area (Å²) in [5.41, 5.74) is 1.17. The van der Waals surface area contributed by atoms with E-state index >= 15 is 0 Å². The SMILES string of the molecule is CN=C(NCCc1csc(C(C)C)n1)NC(C)CCC(C)C. The molecular formula is C17H32N4S. The Morgan fingerprint density at radius 1 is 1.23 bits per heavy atom. The molecule has 0 aromatic carbocycles. The Bertz CT molecular complexity index is 451. The Morgan fingerprint density at radius 2 is 1.95 bits per heavy atom. The Labute approximate surface area is 139 Å². The molecule has 0 aliphatic rings. The highest BCUT2D eigenvalue weighted by molar-refractivity contribution is 7.09. The number of nitrogens with zero attached hydrogens (tertiary/aromatic N) is 2. The predicted molar refractivity (Wildman–Crippen MR) is 97.9 cm³/mol. The van der Waals surface area contributed by atoms with Crippen molar-refractivity contribution in [2.45, 2.75) is 65.8 Å². The molecular weight excluding hydrogens is 292 g/mol. The zero-order chi connectivity index (χ0) is 16.5. The zero-order valence-corrected chi connectivity index (χ0v) is 15.8. The average Bonchev–Trinajstić information content (AvgIpc) is 2.93. The summed E-state index contributed by atoms with van der Waals surface area (Å²) in [5, 5.41) is 10.2. The number of hydrogen-bond acceptors (Lipinski definition) is 3. The first kappa shape index (κ1) is 18.9. The molecule has 0 bridgehead atoms. The Kier molecular flexibility index (Phi) is 8.46. The van der Waals surface area contributed by atoms with Gasteiger partial charge in [-0.15, -0.1) is 11.3 Å². The fourth-order valence-electron chi connectivity index (χ4n) is 2.10. The van der Waals surface area contributed by atoms with Crippen LogP contribution in [0.2, 0.25) is 0 Å². The maximum Gasteiger partial charge on any atom is 0.191 e. The van der Waals surface area contributed by atoms with Gasteiger partial charge in [0, 0.05) is 37.4 Å². The van der Waals surface area contributed by atoms with E-state index in [2.05, 4.69) is 60.6 Å². The van der Waals surface area contributed by atoms with Gasteiger partial charge in [0.1, 0.15) is 0 Å². The van der Waals surface area contributed by atoms with Crippen molar-refractivity contribution in [2.75, 3.05) is 13.6 Å². The number of guanidine groups is 1. The predicted octanol–water partition coefficient (Wildman–Crippen LogP) is 3.80. The second-order valence-electron chi connectivity index (χ2n) is 6.60. The molecule has 126 valence electrons. The third-order valence-corrected chi connectivity index (χ3v) is 4.71. The van der Waals surface area contributed by atoms with E-state index < -0.39 is 0 Å². The second kappa shape index (κ2) is 9.82. The van der Waals surface area contributed by atoms with Gasteiger partial charge in [-0.3, -0.25) is 4.99 Å². The fraction of sp³-hybridized carbons (Fsp3) is 0.765. The normalized spacial score (nSPS) is 13.7. The summed E-state index contributed by atoms with van der Waals surface area (Å²) in [7, 11) is 1.82. The average molecular weight is 325 g/mol. The van der Waals surface area contributed by atoms with E-state index in [1.807, 2.05) is 7.05 Å². The molecule has 0 amide bonds. The standard InChI is InChI=1S/C17H32N4S/c1-12(2)7-8-14(5)20-17(18-6)19-10-9-15-11-22-16(21-15)13(3)4/h11-14H,7-10H2,1-6H3,(H2,18,19,20). The van der Waals surface area contributed by atoms with Crippen LogP contribution in [-0.2, 0) is 6.42 Å². The van der Waals surface area contributed by atoms with Gasteiger partial charge in [-0.1, -0.05) is 27.7 Å². The number of thiazole rings is 1. The van der Waals surface area contributed by atoms with Crippen molar-refractivity contribution in [3.05, 3.63) is 16.1 Å². The Balaban J connectivity index is 2.31. The quantitative estimate of drug-likeness (QED) is 0.565. The van der Waals surface area contributed by atoms with Crippen LogP contribution in [0.25, 0.3) is 0 Å². The van der Waals surface area contributed by atoms with Crippen molar-refractivity contribution in [3.63, 3.8) is 0 Å². The van der Waals surface area contributed by atoms with Crippen LogP contribution in [0.15, 0.2) is 10.4 Å². The van der Waals surface area contributed by atoms with Crippen molar-refractivity contribution in [2.24, 2.45) is 10.9 Å². The first-order valence-corrected chi connectivity index (χ1v) is 9.21. The van der Waals surface area contributed by atoms with Gasteiger partial charge in [0.15, 0.2) is 5.96 Å². The van der Waals surface area contributed by atoms with Crippen molar-refractivity contribution >= 4 is 17.3 Å². The molecule has 1 rings (SSSR count). The van der Waals surface area contributed by atoms with E-state index in [0.717, 1.165) is 24.8 Å². The first-order chi connectivity index (χ1) is 10.4. The summed E-state index contributed by atoms with van der Waals surface area (Å²) in [5.74, 6) is 2.15. The minimum atomic E-state index is 0.445. The third-order valence-electron chi connectivity index (χ3n) is 3.52. The number of nitrogens with one attached hydrogen (secondary N) is 2. The minimum absolute atomic E-state index is 0.445. The zero-order valence-electron chi connectivity index (χ0n) is 14.9. The summed E-state index contributed by atoms with van der Waals surface area (Å²) in [4.78, 5) is 8.96. The van der Waals surface area contributed by atoms with Gasteiger partial charge in [0.2, 0.25) is 0 Å². The van der Waals surface area contributed by atoms with Gasteiger partial charge >= 0.3 is 0 Å². The van der Waals surface area contributed by atoms with Crippen molar-refractivity contribution in [1.82, 2.24) is 15.6 Å². The van der Waals surface area contributed by atoms with E-state index in [1.165, 1.54) is 23.5 Å². The topological polar surface area (TPSA) is 49.3 Å². The third kappa shape index (κ3) is 7.25. The molecule has 0 saturated carbocycles. The highest BCUT2D eigenvalue weighted by atomic mass is 32.1. The van der Waals surface area contributed by atoms with Crippen LogP contribution in [0, 0.1) is 5.92 Å². The molecule has 0 radical (unpaired) electrons. The fourth-order valence-corrected chi connectivity index (χ4v) is 2.96. The number of hydrogen-bond donors (Lipinski definition) is 2. The summed E-state index contributed by atoms with van der Waals surface area (Å²) in [6.45, 7) is 12.0. The lowest BCUT2D eigenvalue weighted by atomic mass is 10.0.